The molecular weight excluding hydrogens is 661 g/mol. The molecule has 0 fully saturated rings. The minimum absolute atomic E-state index is 0.0638. The maximum atomic E-state index is 12.7. The molecule has 0 heterocycles. The molecule has 0 saturated heterocycles. The van der Waals surface area contributed by atoms with Gasteiger partial charge in [-0.05, 0) is 25.2 Å². The minimum atomic E-state index is -0.758. The van der Waals surface area contributed by atoms with Crippen LogP contribution in [0, 0.1) is 5.92 Å². The van der Waals surface area contributed by atoms with Crippen LogP contribution in [-0.2, 0) is 28.6 Å². The van der Waals surface area contributed by atoms with Crippen molar-refractivity contribution in [3.8, 4) is 0 Å². The van der Waals surface area contributed by atoms with E-state index in [0.29, 0.717) is 19.3 Å². The molecule has 53 heavy (non-hydrogen) atoms. The Bertz CT molecular complexity index is 796. The molecule has 0 spiro atoms. The van der Waals surface area contributed by atoms with E-state index in [2.05, 4.69) is 27.7 Å². The van der Waals surface area contributed by atoms with Gasteiger partial charge >= 0.3 is 17.9 Å². The first-order valence-electron chi connectivity index (χ1n) is 23.4. The Balaban J connectivity index is 4.25. The summed E-state index contributed by atoms with van der Waals surface area (Å²) < 4.78 is 16.7. The second kappa shape index (κ2) is 41.6. The van der Waals surface area contributed by atoms with E-state index >= 15 is 0 Å². The zero-order valence-electron chi connectivity index (χ0n) is 36.0. The first-order valence-corrected chi connectivity index (χ1v) is 23.4. The van der Waals surface area contributed by atoms with Gasteiger partial charge in [0.25, 0.3) is 0 Å². The van der Waals surface area contributed by atoms with Crippen molar-refractivity contribution in [1.82, 2.24) is 0 Å². The van der Waals surface area contributed by atoms with E-state index in [1.807, 2.05) is 0 Å². The molecule has 0 aliphatic carbocycles. The molecule has 0 aliphatic rings. The third kappa shape index (κ3) is 41.4. The topological polar surface area (TPSA) is 78.9 Å². The predicted molar refractivity (Wildman–Crippen MR) is 224 cm³/mol. The van der Waals surface area contributed by atoms with Gasteiger partial charge in [0, 0.05) is 19.3 Å². The first-order chi connectivity index (χ1) is 25.9. The third-order valence-corrected chi connectivity index (χ3v) is 10.5. The van der Waals surface area contributed by atoms with Crippen molar-refractivity contribution in [2.45, 2.75) is 265 Å². The fourth-order valence-corrected chi connectivity index (χ4v) is 6.98. The highest BCUT2D eigenvalue weighted by molar-refractivity contribution is 5.71. The van der Waals surface area contributed by atoms with Gasteiger partial charge in [0.1, 0.15) is 13.2 Å². The molecule has 0 aliphatic heterocycles. The van der Waals surface area contributed by atoms with Crippen LogP contribution in [-0.4, -0.2) is 37.2 Å². The monoisotopic (exact) mass is 751 g/mol. The number of hydrogen-bond donors (Lipinski definition) is 0. The zero-order valence-corrected chi connectivity index (χ0v) is 36.0. The van der Waals surface area contributed by atoms with Gasteiger partial charge in [-0.3, -0.25) is 14.4 Å². The highest BCUT2D eigenvalue weighted by Crippen LogP contribution is 2.16. The van der Waals surface area contributed by atoms with E-state index < -0.39 is 6.10 Å². The average molecular weight is 751 g/mol. The van der Waals surface area contributed by atoms with E-state index in [0.717, 1.165) is 63.7 Å². The quantitative estimate of drug-likeness (QED) is 0.0351. The zero-order chi connectivity index (χ0) is 38.9. The molecular formula is C47H90O6. The van der Waals surface area contributed by atoms with E-state index in [4.69, 9.17) is 14.2 Å². The highest BCUT2D eigenvalue weighted by Gasteiger charge is 2.19. The van der Waals surface area contributed by atoms with E-state index in [9.17, 15) is 14.4 Å². The Labute approximate surface area is 329 Å². The largest absolute Gasteiger partial charge is 0.462 e. The second-order valence-corrected chi connectivity index (χ2v) is 16.5. The molecule has 0 saturated carbocycles. The Morgan fingerprint density at radius 1 is 0.358 bits per heavy atom. The van der Waals surface area contributed by atoms with Crippen LogP contribution in [0.3, 0.4) is 0 Å². The van der Waals surface area contributed by atoms with Crippen LogP contribution in [0.15, 0.2) is 0 Å². The van der Waals surface area contributed by atoms with Crippen molar-refractivity contribution < 1.29 is 28.6 Å². The highest BCUT2D eigenvalue weighted by atomic mass is 16.6. The minimum Gasteiger partial charge on any atom is -0.462 e. The standard InChI is InChI=1S/C47H90O6/c1-5-7-9-11-13-14-15-16-20-23-27-31-35-39-46(49)52-42-44(41-51-45(48)38-34-30-25-12-10-8-6-2)53-47(50)40-36-32-28-24-21-18-17-19-22-26-29-33-37-43(3)4/h43-44H,5-42H2,1-4H3/t44-/m0/s1. The predicted octanol–water partition coefficient (Wildman–Crippen LogP) is 14.7. The van der Waals surface area contributed by atoms with Crippen molar-refractivity contribution in [1.29, 1.82) is 0 Å². The van der Waals surface area contributed by atoms with Crippen LogP contribution in [0.5, 0.6) is 0 Å². The van der Waals surface area contributed by atoms with Crippen LogP contribution >= 0.6 is 0 Å². The molecule has 6 heteroatoms. The fraction of sp³-hybridized carbons (Fsp3) is 0.936. The Morgan fingerprint density at radius 2 is 0.623 bits per heavy atom. The number of ether oxygens (including phenoxy) is 3. The summed E-state index contributed by atoms with van der Waals surface area (Å²) in [6.07, 6.45) is 40.9. The maximum Gasteiger partial charge on any atom is 0.306 e. The lowest BCUT2D eigenvalue weighted by Crippen LogP contribution is -2.30. The van der Waals surface area contributed by atoms with Crippen molar-refractivity contribution in [3.05, 3.63) is 0 Å². The summed E-state index contributed by atoms with van der Waals surface area (Å²) in [4.78, 5) is 37.6. The normalized spacial score (nSPS) is 11.9. The number of hydrogen-bond acceptors (Lipinski definition) is 6. The van der Waals surface area contributed by atoms with Crippen LogP contribution in [0.25, 0.3) is 0 Å². The summed E-state index contributed by atoms with van der Waals surface area (Å²) in [6, 6.07) is 0. The number of rotatable bonds is 42. The van der Waals surface area contributed by atoms with Gasteiger partial charge in [-0.2, -0.15) is 0 Å². The van der Waals surface area contributed by atoms with Crippen molar-refractivity contribution in [2.75, 3.05) is 13.2 Å². The van der Waals surface area contributed by atoms with Crippen LogP contribution in [0.1, 0.15) is 259 Å². The van der Waals surface area contributed by atoms with Gasteiger partial charge in [0.15, 0.2) is 6.10 Å². The van der Waals surface area contributed by atoms with Gasteiger partial charge in [0.05, 0.1) is 0 Å². The van der Waals surface area contributed by atoms with Crippen molar-refractivity contribution in [3.63, 3.8) is 0 Å². The van der Waals surface area contributed by atoms with E-state index in [1.165, 1.54) is 154 Å². The van der Waals surface area contributed by atoms with E-state index in [-0.39, 0.29) is 31.1 Å². The number of carbonyl (C=O) groups excluding carboxylic acids is 3. The van der Waals surface area contributed by atoms with Gasteiger partial charge in [0.2, 0.25) is 0 Å². The lowest BCUT2D eigenvalue weighted by Gasteiger charge is -2.18. The lowest BCUT2D eigenvalue weighted by atomic mass is 10.0. The lowest BCUT2D eigenvalue weighted by molar-refractivity contribution is -0.167. The fourth-order valence-electron chi connectivity index (χ4n) is 6.98. The summed E-state index contributed by atoms with van der Waals surface area (Å²) in [5.41, 5.74) is 0. The summed E-state index contributed by atoms with van der Waals surface area (Å²) >= 11 is 0. The van der Waals surface area contributed by atoms with Gasteiger partial charge in [-0.1, -0.05) is 220 Å². The van der Waals surface area contributed by atoms with Gasteiger partial charge in [-0.25, -0.2) is 0 Å². The summed E-state index contributed by atoms with van der Waals surface area (Å²) in [6.45, 7) is 8.97. The molecule has 314 valence electrons. The van der Waals surface area contributed by atoms with Crippen LogP contribution in [0.4, 0.5) is 0 Å². The molecule has 0 bridgehead atoms. The molecule has 6 nitrogen and oxygen atoms in total. The van der Waals surface area contributed by atoms with Gasteiger partial charge in [-0.15, -0.1) is 0 Å². The smallest absolute Gasteiger partial charge is 0.306 e. The molecule has 0 rings (SSSR count). The average Bonchev–Trinajstić information content (AvgIpc) is 3.14. The summed E-state index contributed by atoms with van der Waals surface area (Å²) in [5.74, 6) is -0.0259. The number of esters is 3. The van der Waals surface area contributed by atoms with Crippen molar-refractivity contribution in [2.24, 2.45) is 5.92 Å². The number of carbonyl (C=O) groups is 3. The molecule has 1 atom stereocenters. The Hall–Kier alpha value is -1.59. The third-order valence-electron chi connectivity index (χ3n) is 10.5. The maximum absolute atomic E-state index is 12.7. The van der Waals surface area contributed by atoms with E-state index in [1.54, 1.807) is 0 Å². The Kier molecular flexibility index (Phi) is 40.3. The van der Waals surface area contributed by atoms with Gasteiger partial charge < -0.3 is 14.2 Å². The number of unbranched alkanes of at least 4 members (excludes halogenated alkanes) is 29. The molecule has 0 unspecified atom stereocenters. The Morgan fingerprint density at radius 3 is 0.925 bits per heavy atom. The summed E-state index contributed by atoms with van der Waals surface area (Å²) in [5, 5.41) is 0. The van der Waals surface area contributed by atoms with Crippen molar-refractivity contribution >= 4 is 17.9 Å². The molecule has 0 amide bonds. The first kappa shape index (κ1) is 51.4. The second-order valence-electron chi connectivity index (χ2n) is 16.5. The van der Waals surface area contributed by atoms with Crippen LogP contribution < -0.4 is 0 Å². The molecule has 0 aromatic rings. The molecule has 0 aromatic heterocycles. The van der Waals surface area contributed by atoms with Crippen LogP contribution in [0.2, 0.25) is 0 Å². The summed E-state index contributed by atoms with van der Waals surface area (Å²) in [7, 11) is 0. The molecule has 0 aromatic carbocycles. The SMILES string of the molecule is CCCCCCCCCCCCCCCC(=O)OC[C@H](COC(=O)CCCCCCCCC)OC(=O)CCCCCCCCCCCCCCC(C)C. The molecule has 0 N–H and O–H groups in total. The molecule has 0 radical (unpaired) electrons.